The van der Waals surface area contributed by atoms with Crippen LogP contribution in [0.5, 0.6) is 11.5 Å². The van der Waals surface area contributed by atoms with Gasteiger partial charge in [-0.15, -0.1) is 0 Å². The van der Waals surface area contributed by atoms with Crippen molar-refractivity contribution in [2.45, 2.75) is 6.10 Å². The highest BCUT2D eigenvalue weighted by molar-refractivity contribution is 5.31. The molecule has 2 rings (SSSR count). The van der Waals surface area contributed by atoms with E-state index in [9.17, 15) is 5.11 Å². The van der Waals surface area contributed by atoms with Crippen LogP contribution in [0.1, 0.15) is 0 Å². The van der Waals surface area contributed by atoms with E-state index >= 15 is 0 Å². The van der Waals surface area contributed by atoms with Crippen LogP contribution in [0, 0.1) is 0 Å². The molecule has 0 bridgehead atoms. The molecule has 0 radical (unpaired) electrons. The maximum Gasteiger partial charge on any atom is 0.137 e. The summed E-state index contributed by atoms with van der Waals surface area (Å²) in [5, 5.41) is 10.1. The maximum absolute atomic E-state index is 10.1. The zero-order valence-electron chi connectivity index (χ0n) is 12.4. The average Bonchev–Trinajstić information content (AvgIpc) is 2.48. The Morgan fingerprint density at radius 2 is 1.70 bits per heavy atom. The summed E-state index contributed by atoms with van der Waals surface area (Å²) in [5.74, 6) is 1.57. The molecule has 1 aliphatic rings. The van der Waals surface area contributed by atoms with Gasteiger partial charge in [0.25, 0.3) is 0 Å². The summed E-state index contributed by atoms with van der Waals surface area (Å²) in [6.45, 7) is 5.74. The van der Waals surface area contributed by atoms with Crippen LogP contribution in [0.15, 0.2) is 24.3 Å². The van der Waals surface area contributed by atoms with Crippen molar-refractivity contribution in [3.63, 3.8) is 0 Å². The van der Waals surface area contributed by atoms with E-state index in [-0.39, 0.29) is 0 Å². The van der Waals surface area contributed by atoms with Gasteiger partial charge in [0.1, 0.15) is 56.9 Å². The summed E-state index contributed by atoms with van der Waals surface area (Å²) in [7, 11) is 3.86. The largest absolute Gasteiger partial charge is 0.497 e. The first-order valence-electron chi connectivity index (χ1n) is 7.27. The van der Waals surface area contributed by atoms with E-state index < -0.39 is 6.10 Å². The van der Waals surface area contributed by atoms with Gasteiger partial charge in [0.15, 0.2) is 0 Å². The van der Waals surface area contributed by atoms with Gasteiger partial charge in [-0.05, 0) is 24.3 Å². The Balaban J connectivity index is 1.70. The summed E-state index contributed by atoms with van der Waals surface area (Å²) in [4.78, 5) is 3.05. The van der Waals surface area contributed by atoms with Gasteiger partial charge in [-0.1, -0.05) is 0 Å². The molecule has 0 aromatic heterocycles. The summed E-state index contributed by atoms with van der Waals surface area (Å²) < 4.78 is 10.7. The molecule has 0 aliphatic carbocycles. The van der Waals surface area contributed by atoms with Crippen LogP contribution in [0.2, 0.25) is 0 Å². The second kappa shape index (κ2) is 7.47. The van der Waals surface area contributed by atoms with Gasteiger partial charge in [0.05, 0.1) is 14.2 Å². The highest BCUT2D eigenvalue weighted by Gasteiger charge is 2.22. The lowest BCUT2D eigenvalue weighted by Crippen LogP contribution is -3.27. The molecule has 1 atom stereocenters. The average molecular weight is 282 g/mol. The number of nitrogens with one attached hydrogen (secondary N) is 2. The van der Waals surface area contributed by atoms with Crippen LogP contribution >= 0.6 is 0 Å². The van der Waals surface area contributed by atoms with Crippen molar-refractivity contribution < 1.29 is 24.4 Å². The monoisotopic (exact) mass is 282 g/mol. The van der Waals surface area contributed by atoms with Crippen molar-refractivity contribution >= 4 is 0 Å². The van der Waals surface area contributed by atoms with Gasteiger partial charge in [0.2, 0.25) is 0 Å². The molecule has 1 saturated heterocycles. The van der Waals surface area contributed by atoms with Crippen LogP contribution in [0.4, 0.5) is 0 Å². The van der Waals surface area contributed by atoms with Crippen molar-refractivity contribution in [1.29, 1.82) is 0 Å². The Labute approximate surface area is 120 Å². The normalized spacial score (nSPS) is 24.1. The van der Waals surface area contributed by atoms with Crippen molar-refractivity contribution in [2.24, 2.45) is 0 Å². The van der Waals surface area contributed by atoms with Gasteiger partial charge in [0, 0.05) is 0 Å². The maximum atomic E-state index is 10.1. The van der Waals surface area contributed by atoms with Crippen LogP contribution < -0.4 is 19.3 Å². The number of aliphatic hydroxyl groups excluding tert-OH is 1. The van der Waals surface area contributed by atoms with E-state index in [1.54, 1.807) is 12.0 Å². The first-order valence-corrected chi connectivity index (χ1v) is 7.27. The molecule has 0 spiro atoms. The molecule has 1 fully saturated rings. The first kappa shape index (κ1) is 15.1. The lowest BCUT2D eigenvalue weighted by Gasteiger charge is -2.28. The summed E-state index contributed by atoms with van der Waals surface area (Å²) >= 11 is 0. The van der Waals surface area contributed by atoms with Crippen molar-refractivity contribution in [2.75, 3.05) is 53.5 Å². The van der Waals surface area contributed by atoms with E-state index in [1.165, 1.54) is 18.0 Å². The van der Waals surface area contributed by atoms with E-state index in [2.05, 4.69) is 7.05 Å². The van der Waals surface area contributed by atoms with Crippen molar-refractivity contribution in [1.82, 2.24) is 0 Å². The Bertz CT molecular complexity index is 389. The van der Waals surface area contributed by atoms with E-state index in [4.69, 9.17) is 9.47 Å². The Kier molecular flexibility index (Phi) is 5.64. The number of piperazine rings is 1. The SMILES string of the molecule is COc1ccc(OC[C@@H](O)C[NH+]2CC[NH+](C)CC2)cc1. The molecule has 1 heterocycles. The molecular weight excluding hydrogens is 256 g/mol. The van der Waals surface area contributed by atoms with E-state index in [0.29, 0.717) is 6.61 Å². The lowest BCUT2D eigenvalue weighted by molar-refractivity contribution is -1.00. The van der Waals surface area contributed by atoms with E-state index in [1.807, 2.05) is 24.3 Å². The Morgan fingerprint density at radius 1 is 1.10 bits per heavy atom. The molecule has 5 nitrogen and oxygen atoms in total. The molecule has 1 aromatic rings. The highest BCUT2D eigenvalue weighted by Crippen LogP contribution is 2.16. The number of benzene rings is 1. The molecule has 1 aliphatic heterocycles. The number of quaternary nitrogens is 2. The third-order valence-corrected chi connectivity index (χ3v) is 3.84. The molecular formula is C15H26N2O3+2. The number of ether oxygens (including phenoxy) is 2. The molecule has 1 aromatic carbocycles. The van der Waals surface area contributed by atoms with Gasteiger partial charge in [-0.3, -0.25) is 0 Å². The molecule has 20 heavy (non-hydrogen) atoms. The van der Waals surface area contributed by atoms with Crippen LogP contribution in [0.25, 0.3) is 0 Å². The van der Waals surface area contributed by atoms with Gasteiger partial charge < -0.3 is 24.4 Å². The van der Waals surface area contributed by atoms with Gasteiger partial charge in [-0.2, -0.15) is 0 Å². The standard InChI is InChI=1S/C15H24N2O3/c1-16-7-9-17(10-8-16)11-13(18)12-20-15-5-3-14(19-2)4-6-15/h3-6,13,18H,7-12H2,1-2H3/p+2/t13-/m0/s1. The number of rotatable bonds is 6. The molecule has 0 saturated carbocycles. The smallest absolute Gasteiger partial charge is 0.137 e. The first-order chi connectivity index (χ1) is 9.67. The van der Waals surface area contributed by atoms with Gasteiger partial charge >= 0.3 is 0 Å². The molecule has 5 heteroatoms. The third kappa shape index (κ3) is 4.67. The molecule has 112 valence electrons. The lowest BCUT2D eigenvalue weighted by atomic mass is 10.2. The second-order valence-corrected chi connectivity index (χ2v) is 5.55. The van der Waals surface area contributed by atoms with Crippen molar-refractivity contribution in [3.8, 4) is 11.5 Å². The van der Waals surface area contributed by atoms with E-state index in [0.717, 1.165) is 31.1 Å². The minimum atomic E-state index is -0.412. The summed E-state index contributed by atoms with van der Waals surface area (Å²) in [6, 6.07) is 7.43. The fraction of sp³-hybridized carbons (Fsp3) is 0.600. The summed E-state index contributed by atoms with van der Waals surface area (Å²) in [5.41, 5.74) is 0. The minimum Gasteiger partial charge on any atom is -0.497 e. The van der Waals surface area contributed by atoms with Crippen molar-refractivity contribution in [3.05, 3.63) is 24.3 Å². The fourth-order valence-corrected chi connectivity index (χ4v) is 2.49. The number of methoxy groups -OCH3 is 1. The molecule has 3 N–H and O–H groups in total. The van der Waals surface area contributed by atoms with Gasteiger partial charge in [-0.25, -0.2) is 0 Å². The molecule has 0 amide bonds. The zero-order chi connectivity index (χ0) is 14.4. The predicted molar refractivity (Wildman–Crippen MR) is 76.7 cm³/mol. The predicted octanol–water partition coefficient (Wildman–Crippen LogP) is -2.15. The summed E-state index contributed by atoms with van der Waals surface area (Å²) in [6.07, 6.45) is -0.412. The minimum absolute atomic E-state index is 0.346. The number of hydrogen-bond acceptors (Lipinski definition) is 3. The van der Waals surface area contributed by atoms with Crippen LogP contribution in [0.3, 0.4) is 0 Å². The second-order valence-electron chi connectivity index (χ2n) is 5.55. The zero-order valence-corrected chi connectivity index (χ0v) is 12.4. The number of aliphatic hydroxyl groups is 1. The Hall–Kier alpha value is -1.30. The highest BCUT2D eigenvalue weighted by atomic mass is 16.5. The Morgan fingerprint density at radius 3 is 2.30 bits per heavy atom. The molecule has 0 unspecified atom stereocenters. The number of likely N-dealkylation sites (N-methyl/N-ethyl adjacent to an activating group) is 1. The number of hydrogen-bond donors (Lipinski definition) is 3. The topological polar surface area (TPSA) is 47.6 Å². The fourth-order valence-electron chi connectivity index (χ4n) is 2.49. The van der Waals surface area contributed by atoms with Crippen LogP contribution in [-0.2, 0) is 0 Å². The van der Waals surface area contributed by atoms with Crippen LogP contribution in [-0.4, -0.2) is 64.7 Å². The quantitative estimate of drug-likeness (QED) is 0.557. The third-order valence-electron chi connectivity index (χ3n) is 3.84.